The van der Waals surface area contributed by atoms with Gasteiger partial charge in [-0.1, -0.05) is 30.3 Å². The van der Waals surface area contributed by atoms with Crippen molar-refractivity contribution in [2.45, 2.75) is 31.0 Å². The molecule has 4 atom stereocenters. The van der Waals surface area contributed by atoms with Crippen LogP contribution in [0.5, 0.6) is 0 Å². The fourth-order valence-corrected chi connectivity index (χ4v) is 4.39. The average molecular weight is 475 g/mol. The topological polar surface area (TPSA) is 162 Å². The summed E-state index contributed by atoms with van der Waals surface area (Å²) in [6, 6.07) is 16.4. The zero-order valence-electron chi connectivity index (χ0n) is 19.0. The summed E-state index contributed by atoms with van der Waals surface area (Å²) in [6.45, 7) is 1.71. The van der Waals surface area contributed by atoms with E-state index in [1.807, 2.05) is 36.5 Å². The molecule has 4 aromatic rings. The predicted molar refractivity (Wildman–Crippen MR) is 131 cm³/mol. The molecule has 0 unspecified atom stereocenters. The highest BCUT2D eigenvalue weighted by Gasteiger charge is 2.51. The molecule has 10 nitrogen and oxygen atoms in total. The minimum atomic E-state index is -1.21. The number of aromatic nitrogens is 3. The van der Waals surface area contributed by atoms with E-state index in [9.17, 15) is 15.0 Å². The Morgan fingerprint density at radius 1 is 1.14 bits per heavy atom. The van der Waals surface area contributed by atoms with Crippen molar-refractivity contribution in [1.29, 1.82) is 0 Å². The fraction of sp³-hybridized carbons (Fsp3) is 0.240. The largest absolute Gasteiger partial charge is 0.387 e. The van der Waals surface area contributed by atoms with Gasteiger partial charge in [0.25, 0.3) is 0 Å². The Labute approximate surface area is 201 Å². The number of rotatable bonds is 6. The lowest BCUT2D eigenvalue weighted by molar-refractivity contribution is -0.0852. The molecule has 1 saturated heterocycles. The SMILES string of the molecule is C[C@]1(CN)O[C@H](n2cc(-c3ccccc3)c3c(Nc4ccc(C(N)=O)cc4)ncnc32)[C@@H](O)[C@H]1O. The van der Waals surface area contributed by atoms with E-state index >= 15 is 0 Å². The van der Waals surface area contributed by atoms with E-state index in [1.54, 1.807) is 35.8 Å². The Hall–Kier alpha value is -3.83. The molecule has 0 spiro atoms. The molecule has 2 aromatic carbocycles. The first-order valence-electron chi connectivity index (χ1n) is 11.1. The number of carbonyl (C=O) groups is 1. The third-order valence-electron chi connectivity index (χ3n) is 6.44. The molecule has 10 heteroatoms. The van der Waals surface area contributed by atoms with Crippen LogP contribution in [0.1, 0.15) is 23.5 Å². The van der Waals surface area contributed by atoms with Crippen LogP contribution in [0, 0.1) is 0 Å². The number of ether oxygens (including phenoxy) is 1. The molecular formula is C25H26N6O4. The summed E-state index contributed by atoms with van der Waals surface area (Å²) in [5.41, 5.74) is 13.4. The third-order valence-corrected chi connectivity index (χ3v) is 6.44. The molecule has 3 heterocycles. The Kier molecular flexibility index (Phi) is 5.73. The first-order chi connectivity index (χ1) is 16.8. The molecular weight excluding hydrogens is 448 g/mol. The minimum Gasteiger partial charge on any atom is -0.387 e. The van der Waals surface area contributed by atoms with Crippen LogP contribution in [0.15, 0.2) is 67.1 Å². The van der Waals surface area contributed by atoms with Crippen LogP contribution in [0.3, 0.4) is 0 Å². The number of benzene rings is 2. The average Bonchev–Trinajstić information content (AvgIpc) is 3.37. The molecule has 35 heavy (non-hydrogen) atoms. The molecule has 7 N–H and O–H groups in total. The van der Waals surface area contributed by atoms with Crippen LogP contribution in [-0.2, 0) is 4.74 Å². The smallest absolute Gasteiger partial charge is 0.248 e. The van der Waals surface area contributed by atoms with E-state index in [0.29, 0.717) is 28.1 Å². The molecule has 0 saturated carbocycles. The van der Waals surface area contributed by atoms with E-state index in [0.717, 1.165) is 11.1 Å². The van der Waals surface area contributed by atoms with Gasteiger partial charge in [0.05, 0.1) is 5.39 Å². The molecule has 1 fully saturated rings. The molecule has 180 valence electrons. The Bertz CT molecular complexity index is 1370. The number of hydrogen-bond acceptors (Lipinski definition) is 8. The van der Waals surface area contributed by atoms with Gasteiger partial charge in [0.1, 0.15) is 35.6 Å². The van der Waals surface area contributed by atoms with Crippen molar-refractivity contribution >= 4 is 28.4 Å². The summed E-state index contributed by atoms with van der Waals surface area (Å²) in [4.78, 5) is 20.4. The van der Waals surface area contributed by atoms with Crippen molar-refractivity contribution in [1.82, 2.24) is 14.5 Å². The summed E-state index contributed by atoms with van der Waals surface area (Å²) in [6.07, 6.45) is -0.0445. The van der Waals surface area contributed by atoms with Crippen LogP contribution < -0.4 is 16.8 Å². The van der Waals surface area contributed by atoms with Gasteiger partial charge in [-0.05, 0) is 36.8 Å². The summed E-state index contributed by atoms with van der Waals surface area (Å²) in [5.74, 6) is 0.0141. The van der Waals surface area contributed by atoms with Gasteiger partial charge in [0.15, 0.2) is 6.23 Å². The summed E-state index contributed by atoms with van der Waals surface area (Å²) in [7, 11) is 0. The highest BCUT2D eigenvalue weighted by molar-refractivity contribution is 6.02. The number of anilines is 2. The number of primary amides is 1. The van der Waals surface area contributed by atoms with Crippen LogP contribution in [-0.4, -0.2) is 55.0 Å². The highest BCUT2D eigenvalue weighted by Crippen LogP contribution is 2.42. The highest BCUT2D eigenvalue weighted by atomic mass is 16.6. The van der Waals surface area contributed by atoms with Gasteiger partial charge < -0.3 is 36.3 Å². The number of aliphatic hydroxyl groups excluding tert-OH is 2. The van der Waals surface area contributed by atoms with Gasteiger partial charge >= 0.3 is 0 Å². The lowest BCUT2D eigenvalue weighted by atomic mass is 9.98. The quantitative estimate of drug-likeness (QED) is 0.283. The molecule has 0 bridgehead atoms. The minimum absolute atomic E-state index is 0.0373. The maximum absolute atomic E-state index is 11.4. The second kappa shape index (κ2) is 8.75. The van der Waals surface area contributed by atoms with Crippen LogP contribution in [0.25, 0.3) is 22.2 Å². The molecule has 5 rings (SSSR count). The monoisotopic (exact) mass is 474 g/mol. The summed E-state index contributed by atoms with van der Waals surface area (Å²) in [5, 5.41) is 25.4. The molecule has 2 aromatic heterocycles. The Balaban J connectivity index is 1.65. The first kappa shape index (κ1) is 22.9. The predicted octanol–water partition coefficient (Wildman–Crippen LogP) is 1.91. The van der Waals surface area contributed by atoms with Gasteiger partial charge in [-0.15, -0.1) is 0 Å². The maximum atomic E-state index is 11.4. The Morgan fingerprint density at radius 2 is 1.86 bits per heavy atom. The number of fused-ring (bicyclic) bond motifs is 1. The number of aliphatic hydroxyl groups is 2. The van der Waals surface area contributed by atoms with Crippen molar-refractivity contribution in [3.8, 4) is 11.1 Å². The van der Waals surface area contributed by atoms with E-state index < -0.39 is 29.9 Å². The zero-order valence-corrected chi connectivity index (χ0v) is 19.0. The second-order valence-electron chi connectivity index (χ2n) is 8.76. The molecule has 1 aliphatic heterocycles. The number of nitrogens with zero attached hydrogens (tertiary/aromatic N) is 3. The summed E-state index contributed by atoms with van der Waals surface area (Å²) < 4.78 is 7.78. The number of hydrogen-bond donors (Lipinski definition) is 5. The maximum Gasteiger partial charge on any atom is 0.248 e. The fourth-order valence-electron chi connectivity index (χ4n) is 4.39. The van der Waals surface area contributed by atoms with Crippen LogP contribution >= 0.6 is 0 Å². The lowest BCUT2D eigenvalue weighted by Crippen LogP contribution is -2.46. The Morgan fingerprint density at radius 3 is 2.49 bits per heavy atom. The second-order valence-corrected chi connectivity index (χ2v) is 8.76. The van der Waals surface area contributed by atoms with Gasteiger partial charge in [-0.25, -0.2) is 9.97 Å². The van der Waals surface area contributed by atoms with E-state index in [2.05, 4.69) is 15.3 Å². The van der Waals surface area contributed by atoms with E-state index in [-0.39, 0.29) is 6.54 Å². The van der Waals surface area contributed by atoms with Crippen LogP contribution in [0.4, 0.5) is 11.5 Å². The van der Waals surface area contributed by atoms with E-state index in [4.69, 9.17) is 16.2 Å². The zero-order chi connectivity index (χ0) is 24.7. The first-order valence-corrected chi connectivity index (χ1v) is 11.1. The number of nitrogens with one attached hydrogen (secondary N) is 1. The van der Waals surface area contributed by atoms with Gasteiger partial charge in [0.2, 0.25) is 5.91 Å². The molecule has 1 amide bonds. The van der Waals surface area contributed by atoms with E-state index in [1.165, 1.54) is 6.33 Å². The van der Waals surface area contributed by atoms with Crippen molar-refractivity contribution < 1.29 is 19.7 Å². The standard InChI is InChI=1S/C25H26N6O4/c1-25(12-26)20(33)19(32)24(35-25)31-11-17(14-5-3-2-4-6-14)18-22(28-13-29-23(18)31)30-16-9-7-15(8-10-16)21(27)34/h2-11,13,19-20,24,32-33H,12,26H2,1H3,(H2,27,34)(H,28,29,30)/t19-,20+,24-,25+/m0/s1. The van der Waals surface area contributed by atoms with Gasteiger partial charge in [0, 0.05) is 29.6 Å². The number of carbonyl (C=O) groups excluding carboxylic acids is 1. The molecule has 0 aliphatic carbocycles. The van der Waals surface area contributed by atoms with Crippen molar-refractivity contribution in [2.75, 3.05) is 11.9 Å². The summed E-state index contributed by atoms with van der Waals surface area (Å²) >= 11 is 0. The number of amides is 1. The van der Waals surface area contributed by atoms with Gasteiger partial charge in [-0.3, -0.25) is 4.79 Å². The van der Waals surface area contributed by atoms with Gasteiger partial charge in [-0.2, -0.15) is 0 Å². The van der Waals surface area contributed by atoms with Crippen molar-refractivity contribution in [3.63, 3.8) is 0 Å². The third kappa shape index (κ3) is 3.92. The van der Waals surface area contributed by atoms with Crippen molar-refractivity contribution in [2.24, 2.45) is 11.5 Å². The van der Waals surface area contributed by atoms with Crippen LogP contribution in [0.2, 0.25) is 0 Å². The molecule has 0 radical (unpaired) electrons. The van der Waals surface area contributed by atoms with Crippen molar-refractivity contribution in [3.05, 3.63) is 72.7 Å². The molecule has 1 aliphatic rings. The lowest BCUT2D eigenvalue weighted by Gasteiger charge is -2.25. The number of nitrogens with two attached hydrogens (primary N) is 2. The normalized spacial score (nSPS) is 24.1.